The first-order chi connectivity index (χ1) is 8.84. The maximum Gasteiger partial charge on any atom is 0.0297 e. The van der Waals surface area contributed by atoms with Crippen molar-refractivity contribution in [3.63, 3.8) is 0 Å². The molecule has 1 aliphatic carbocycles. The Morgan fingerprint density at radius 1 is 0.833 bits per heavy atom. The monoisotopic (exact) mass is 234 g/mol. The van der Waals surface area contributed by atoms with Crippen molar-refractivity contribution in [1.82, 2.24) is 0 Å². The Kier molecular flexibility index (Phi) is 2.79. The molecule has 0 fully saturated rings. The Hall–Kier alpha value is -1.82. The van der Waals surface area contributed by atoms with Gasteiger partial charge >= 0.3 is 0 Å². The predicted molar refractivity (Wildman–Crippen MR) is 76.6 cm³/mol. The van der Waals surface area contributed by atoms with E-state index in [-0.39, 0.29) is 5.41 Å². The van der Waals surface area contributed by atoms with Crippen LogP contribution in [0.5, 0.6) is 0 Å². The maximum atomic E-state index is 2.35. The molecule has 1 aliphatic rings. The fourth-order valence-electron chi connectivity index (χ4n) is 3.21. The van der Waals surface area contributed by atoms with E-state index in [0.29, 0.717) is 5.92 Å². The van der Waals surface area contributed by atoms with Crippen molar-refractivity contribution in [3.05, 3.63) is 83.9 Å². The first kappa shape index (κ1) is 11.3. The Bertz CT molecular complexity index is 497. The third-order valence-corrected chi connectivity index (χ3v) is 4.22. The third-order valence-electron chi connectivity index (χ3n) is 4.22. The normalized spacial score (nSPS) is 21.1. The van der Waals surface area contributed by atoms with Crippen molar-refractivity contribution in [2.24, 2.45) is 5.92 Å². The average Bonchev–Trinajstić information content (AvgIpc) is 2.84. The molecule has 1 atom stereocenters. The Morgan fingerprint density at radius 3 is 1.72 bits per heavy atom. The summed E-state index contributed by atoms with van der Waals surface area (Å²) in [6.07, 6.45) is 5.77. The third kappa shape index (κ3) is 1.60. The minimum atomic E-state index is 0.127. The van der Waals surface area contributed by atoms with E-state index in [2.05, 4.69) is 79.7 Å². The molecule has 2 aromatic carbocycles. The lowest BCUT2D eigenvalue weighted by molar-refractivity contribution is 0.437. The van der Waals surface area contributed by atoms with E-state index in [0.717, 1.165) is 6.42 Å². The summed E-state index contributed by atoms with van der Waals surface area (Å²) in [5.74, 6) is 0.544. The van der Waals surface area contributed by atoms with Gasteiger partial charge in [0.15, 0.2) is 0 Å². The van der Waals surface area contributed by atoms with E-state index in [1.807, 2.05) is 0 Å². The van der Waals surface area contributed by atoms with Crippen LogP contribution in [0.4, 0.5) is 0 Å². The standard InChI is InChI=1S/C18H18/c1-15-9-8-14-18(15,16-10-4-2-5-11-16)17-12-6-3-7-13-17/h2-13,15H,14H2,1H3. The van der Waals surface area contributed by atoms with Gasteiger partial charge in [-0.2, -0.15) is 0 Å². The molecular weight excluding hydrogens is 216 g/mol. The molecule has 2 aromatic rings. The predicted octanol–water partition coefficient (Wildman–Crippen LogP) is 4.57. The van der Waals surface area contributed by atoms with E-state index < -0.39 is 0 Å². The van der Waals surface area contributed by atoms with E-state index in [4.69, 9.17) is 0 Å². The molecule has 0 radical (unpaired) electrons. The van der Waals surface area contributed by atoms with E-state index >= 15 is 0 Å². The van der Waals surface area contributed by atoms with Crippen molar-refractivity contribution in [1.29, 1.82) is 0 Å². The summed E-state index contributed by atoms with van der Waals surface area (Å²) in [6.45, 7) is 2.32. The van der Waals surface area contributed by atoms with E-state index in [1.165, 1.54) is 11.1 Å². The zero-order valence-corrected chi connectivity index (χ0v) is 10.7. The van der Waals surface area contributed by atoms with Gasteiger partial charge in [0.2, 0.25) is 0 Å². The van der Waals surface area contributed by atoms with Gasteiger partial charge in [-0.05, 0) is 23.5 Å². The molecule has 1 unspecified atom stereocenters. The van der Waals surface area contributed by atoms with E-state index in [1.54, 1.807) is 0 Å². The van der Waals surface area contributed by atoms with Gasteiger partial charge in [-0.3, -0.25) is 0 Å². The molecular formula is C18H18. The average molecular weight is 234 g/mol. The molecule has 0 N–H and O–H groups in total. The summed E-state index contributed by atoms with van der Waals surface area (Å²) in [5.41, 5.74) is 2.98. The summed E-state index contributed by atoms with van der Waals surface area (Å²) in [4.78, 5) is 0. The second-order valence-electron chi connectivity index (χ2n) is 5.12. The van der Waals surface area contributed by atoms with Gasteiger partial charge in [-0.1, -0.05) is 79.7 Å². The van der Waals surface area contributed by atoms with E-state index in [9.17, 15) is 0 Å². The van der Waals surface area contributed by atoms with Crippen LogP contribution in [0.2, 0.25) is 0 Å². The van der Waals surface area contributed by atoms with Crippen LogP contribution in [0, 0.1) is 5.92 Å². The smallest absolute Gasteiger partial charge is 0.0297 e. The number of hydrogen-bond acceptors (Lipinski definition) is 0. The summed E-state index contributed by atoms with van der Waals surface area (Å²) in [5, 5.41) is 0. The lowest BCUT2D eigenvalue weighted by Crippen LogP contribution is -2.30. The molecule has 0 aromatic heterocycles. The van der Waals surface area contributed by atoms with Gasteiger partial charge in [-0.15, -0.1) is 0 Å². The van der Waals surface area contributed by atoms with Crippen LogP contribution < -0.4 is 0 Å². The van der Waals surface area contributed by atoms with Crippen LogP contribution in [0.1, 0.15) is 24.5 Å². The van der Waals surface area contributed by atoms with Gasteiger partial charge in [0, 0.05) is 5.41 Å². The highest BCUT2D eigenvalue weighted by molar-refractivity contribution is 5.44. The minimum Gasteiger partial charge on any atom is -0.0870 e. The highest BCUT2D eigenvalue weighted by atomic mass is 14.4. The SMILES string of the molecule is CC1C=CCC1(c1ccccc1)c1ccccc1. The highest BCUT2D eigenvalue weighted by Gasteiger charge is 2.40. The molecule has 3 rings (SSSR count). The summed E-state index contributed by atoms with van der Waals surface area (Å²) in [7, 11) is 0. The number of allylic oxidation sites excluding steroid dienone is 2. The number of benzene rings is 2. The molecule has 0 heterocycles. The molecule has 90 valence electrons. The van der Waals surface area contributed by atoms with Crippen molar-refractivity contribution >= 4 is 0 Å². The van der Waals surface area contributed by atoms with Gasteiger partial charge in [-0.25, -0.2) is 0 Å². The molecule has 0 nitrogen and oxygen atoms in total. The van der Waals surface area contributed by atoms with Crippen LogP contribution in [0.15, 0.2) is 72.8 Å². The summed E-state index contributed by atoms with van der Waals surface area (Å²) in [6, 6.07) is 21.8. The number of hydrogen-bond donors (Lipinski definition) is 0. The highest BCUT2D eigenvalue weighted by Crippen LogP contribution is 2.46. The van der Waals surface area contributed by atoms with Crippen molar-refractivity contribution in [2.75, 3.05) is 0 Å². The second kappa shape index (κ2) is 4.45. The molecule has 0 amide bonds. The minimum absolute atomic E-state index is 0.127. The van der Waals surface area contributed by atoms with Crippen LogP contribution in [-0.4, -0.2) is 0 Å². The molecule has 0 heteroatoms. The summed E-state index contributed by atoms with van der Waals surface area (Å²) < 4.78 is 0. The maximum absolute atomic E-state index is 2.35. The zero-order valence-electron chi connectivity index (χ0n) is 10.7. The fourth-order valence-corrected chi connectivity index (χ4v) is 3.21. The fraction of sp³-hybridized carbons (Fsp3) is 0.222. The lowest BCUT2D eigenvalue weighted by atomic mass is 9.67. The molecule has 0 aliphatic heterocycles. The van der Waals surface area contributed by atoms with Crippen molar-refractivity contribution < 1.29 is 0 Å². The zero-order chi connectivity index (χ0) is 12.4. The largest absolute Gasteiger partial charge is 0.0870 e. The molecule has 0 bridgehead atoms. The lowest BCUT2D eigenvalue weighted by Gasteiger charge is -2.35. The Morgan fingerprint density at radius 2 is 1.33 bits per heavy atom. The quantitative estimate of drug-likeness (QED) is 0.668. The Labute approximate surface area is 109 Å². The Balaban J connectivity index is 2.17. The van der Waals surface area contributed by atoms with Gasteiger partial charge < -0.3 is 0 Å². The first-order valence-corrected chi connectivity index (χ1v) is 6.62. The molecule has 0 saturated carbocycles. The summed E-state index contributed by atoms with van der Waals surface area (Å²) >= 11 is 0. The van der Waals surface area contributed by atoms with Gasteiger partial charge in [0.25, 0.3) is 0 Å². The van der Waals surface area contributed by atoms with Crippen LogP contribution in [0.3, 0.4) is 0 Å². The molecule has 0 saturated heterocycles. The molecule has 18 heavy (non-hydrogen) atoms. The van der Waals surface area contributed by atoms with Crippen LogP contribution in [0.25, 0.3) is 0 Å². The van der Waals surface area contributed by atoms with Crippen molar-refractivity contribution in [2.45, 2.75) is 18.8 Å². The van der Waals surface area contributed by atoms with Gasteiger partial charge in [0.1, 0.15) is 0 Å². The van der Waals surface area contributed by atoms with Crippen molar-refractivity contribution in [3.8, 4) is 0 Å². The first-order valence-electron chi connectivity index (χ1n) is 6.62. The van der Waals surface area contributed by atoms with Crippen LogP contribution >= 0.6 is 0 Å². The second-order valence-corrected chi connectivity index (χ2v) is 5.12. The van der Waals surface area contributed by atoms with Crippen LogP contribution in [-0.2, 0) is 5.41 Å². The number of rotatable bonds is 2. The molecule has 0 spiro atoms. The van der Waals surface area contributed by atoms with Gasteiger partial charge in [0.05, 0.1) is 0 Å². The topological polar surface area (TPSA) is 0 Å².